The van der Waals surface area contributed by atoms with Crippen LogP contribution in [0, 0.1) is 0 Å². The van der Waals surface area contributed by atoms with Crippen LogP contribution < -0.4 is 5.01 Å². The lowest BCUT2D eigenvalue weighted by Crippen LogP contribution is -2.20. The van der Waals surface area contributed by atoms with Crippen molar-refractivity contribution in [3.05, 3.63) is 113 Å². The van der Waals surface area contributed by atoms with Crippen molar-refractivity contribution in [3.63, 3.8) is 0 Å². The smallest absolute Gasteiger partial charge is 0.346 e. The third-order valence-corrected chi connectivity index (χ3v) is 6.09. The molecule has 0 aliphatic carbocycles. The second-order valence-electron chi connectivity index (χ2n) is 7.92. The fourth-order valence-corrected chi connectivity index (χ4v) is 4.62. The third kappa shape index (κ3) is 2.82. The van der Waals surface area contributed by atoms with E-state index in [1.807, 2.05) is 54.6 Å². The Morgan fingerprint density at radius 2 is 1.38 bits per heavy atom. The highest BCUT2D eigenvalue weighted by Gasteiger charge is 2.33. The van der Waals surface area contributed by atoms with Crippen LogP contribution in [0.2, 0.25) is 0 Å². The molecule has 0 N–H and O–H groups in total. The molecule has 154 valence electrons. The van der Waals surface area contributed by atoms with Crippen LogP contribution in [0.3, 0.4) is 0 Å². The van der Waals surface area contributed by atoms with E-state index in [1.54, 1.807) is 12.1 Å². The lowest BCUT2D eigenvalue weighted by Gasteiger charge is -2.23. The lowest BCUT2D eigenvalue weighted by atomic mass is 9.90. The van der Waals surface area contributed by atoms with Crippen LogP contribution in [0.1, 0.15) is 44.3 Å². The molecular weight excluding hydrogens is 400 g/mol. The zero-order valence-electron chi connectivity index (χ0n) is 17.1. The number of carbonyl (C=O) groups excluding carboxylic acids is 2. The largest absolute Gasteiger partial charge is 0.386 e. The van der Waals surface area contributed by atoms with E-state index in [0.29, 0.717) is 22.9 Å². The van der Waals surface area contributed by atoms with Gasteiger partial charge < -0.3 is 4.74 Å². The van der Waals surface area contributed by atoms with Crippen LogP contribution >= 0.6 is 0 Å². The van der Waals surface area contributed by atoms with Crippen LogP contribution in [-0.2, 0) is 4.74 Å². The summed E-state index contributed by atoms with van der Waals surface area (Å²) in [7, 11) is 0. The first kappa shape index (κ1) is 18.5. The Labute approximate surface area is 184 Å². The van der Waals surface area contributed by atoms with Gasteiger partial charge >= 0.3 is 11.9 Å². The van der Waals surface area contributed by atoms with Gasteiger partial charge in [-0.15, -0.1) is 0 Å². The number of esters is 2. The summed E-state index contributed by atoms with van der Waals surface area (Å²) >= 11 is 0. The van der Waals surface area contributed by atoms with E-state index >= 15 is 0 Å². The zero-order valence-corrected chi connectivity index (χ0v) is 17.1. The predicted octanol–water partition coefficient (Wildman–Crippen LogP) is 5.51. The van der Waals surface area contributed by atoms with Crippen molar-refractivity contribution in [2.75, 3.05) is 5.01 Å². The van der Waals surface area contributed by atoms with Crippen LogP contribution in [0.25, 0.3) is 10.8 Å². The van der Waals surface area contributed by atoms with Gasteiger partial charge in [-0.25, -0.2) is 9.59 Å². The summed E-state index contributed by atoms with van der Waals surface area (Å²) in [5.41, 5.74) is 4.86. The first-order chi connectivity index (χ1) is 15.7. The minimum atomic E-state index is -0.605. The summed E-state index contributed by atoms with van der Waals surface area (Å²) in [5, 5.41) is 8.56. The van der Waals surface area contributed by atoms with Crippen LogP contribution in [-0.4, -0.2) is 17.7 Å². The molecule has 2 aliphatic heterocycles. The average molecular weight is 418 g/mol. The standard InChI is InChI=1S/C27H18N2O3/c30-26-21-13-7-12-20-19(14-15-22(25(20)21)27(31)32-26)23-16-24(17-8-3-1-4-9-17)29(28-23)18-10-5-2-6-11-18/h1-15,24H,16H2/t24-/m1/s1. The number of hydrogen-bond donors (Lipinski definition) is 0. The third-order valence-electron chi connectivity index (χ3n) is 6.09. The fraction of sp³-hybridized carbons (Fsp3) is 0.0741. The van der Waals surface area contributed by atoms with Gasteiger partial charge in [-0.05, 0) is 35.2 Å². The molecule has 0 fully saturated rings. The number of benzene rings is 4. The van der Waals surface area contributed by atoms with Crippen molar-refractivity contribution in [2.45, 2.75) is 12.5 Å². The summed E-state index contributed by atoms with van der Waals surface area (Å²) < 4.78 is 4.90. The molecule has 5 heteroatoms. The molecule has 1 atom stereocenters. The number of ether oxygens (including phenoxy) is 1. The van der Waals surface area contributed by atoms with Crippen LogP contribution in [0.5, 0.6) is 0 Å². The number of carbonyl (C=O) groups is 2. The molecule has 4 aromatic carbocycles. The maximum atomic E-state index is 12.3. The second kappa shape index (κ2) is 7.17. The lowest BCUT2D eigenvalue weighted by molar-refractivity contribution is 0.0391. The minimum Gasteiger partial charge on any atom is -0.386 e. The summed E-state index contributed by atoms with van der Waals surface area (Å²) in [5.74, 6) is -1.21. The van der Waals surface area contributed by atoms with E-state index in [1.165, 1.54) is 5.56 Å². The first-order valence-corrected chi connectivity index (χ1v) is 10.5. The Bertz CT molecular complexity index is 1390. The van der Waals surface area contributed by atoms with Gasteiger partial charge in [-0.1, -0.05) is 66.7 Å². The number of para-hydroxylation sites is 1. The van der Waals surface area contributed by atoms with Crippen molar-refractivity contribution in [1.82, 2.24) is 0 Å². The van der Waals surface area contributed by atoms with Crippen molar-refractivity contribution >= 4 is 34.1 Å². The Hall–Kier alpha value is -4.25. The van der Waals surface area contributed by atoms with Crippen molar-refractivity contribution in [2.24, 2.45) is 5.10 Å². The van der Waals surface area contributed by atoms with Crippen molar-refractivity contribution < 1.29 is 14.3 Å². The van der Waals surface area contributed by atoms with Gasteiger partial charge in [-0.2, -0.15) is 5.10 Å². The number of hydrogen-bond acceptors (Lipinski definition) is 5. The molecule has 0 radical (unpaired) electrons. The average Bonchev–Trinajstić information content (AvgIpc) is 3.28. The van der Waals surface area contributed by atoms with Gasteiger partial charge in [0.05, 0.1) is 28.6 Å². The molecule has 0 amide bonds. The topological polar surface area (TPSA) is 59.0 Å². The van der Waals surface area contributed by atoms with Gasteiger partial charge in [0.1, 0.15) is 0 Å². The number of rotatable bonds is 3. The quantitative estimate of drug-likeness (QED) is 0.325. The molecule has 0 saturated heterocycles. The highest BCUT2D eigenvalue weighted by molar-refractivity contribution is 6.24. The van der Waals surface area contributed by atoms with Crippen LogP contribution in [0.15, 0.2) is 96.1 Å². The highest BCUT2D eigenvalue weighted by atomic mass is 16.6. The van der Waals surface area contributed by atoms with Crippen LogP contribution in [0.4, 0.5) is 5.69 Å². The predicted molar refractivity (Wildman–Crippen MR) is 123 cm³/mol. The number of hydrazone groups is 1. The van der Waals surface area contributed by atoms with Crippen molar-refractivity contribution in [1.29, 1.82) is 0 Å². The SMILES string of the molecule is O=C1OC(=O)c2ccc(C3=NN(c4ccccc4)[C@@H](c4ccccc4)C3)c3cccc1c23. The molecule has 0 unspecified atom stereocenters. The molecule has 6 rings (SSSR count). The molecular formula is C27H18N2O3. The molecule has 0 aromatic heterocycles. The van der Waals surface area contributed by atoms with E-state index in [9.17, 15) is 9.59 Å². The van der Waals surface area contributed by atoms with E-state index in [4.69, 9.17) is 9.84 Å². The van der Waals surface area contributed by atoms with Gasteiger partial charge in [0.2, 0.25) is 0 Å². The summed E-state index contributed by atoms with van der Waals surface area (Å²) in [6, 6.07) is 29.6. The summed E-state index contributed by atoms with van der Waals surface area (Å²) in [6.07, 6.45) is 0.704. The van der Waals surface area contributed by atoms with Crippen molar-refractivity contribution in [3.8, 4) is 0 Å². The molecule has 32 heavy (non-hydrogen) atoms. The zero-order chi connectivity index (χ0) is 21.7. The number of cyclic esters (lactones) is 2. The number of anilines is 1. The molecule has 0 spiro atoms. The summed E-state index contributed by atoms with van der Waals surface area (Å²) in [6.45, 7) is 0. The highest BCUT2D eigenvalue weighted by Crippen LogP contribution is 2.39. The maximum Gasteiger partial charge on any atom is 0.346 e. The molecule has 4 aromatic rings. The monoisotopic (exact) mass is 418 g/mol. The first-order valence-electron chi connectivity index (χ1n) is 10.5. The molecule has 0 saturated carbocycles. The summed E-state index contributed by atoms with van der Waals surface area (Å²) in [4.78, 5) is 24.6. The maximum absolute atomic E-state index is 12.3. The Kier molecular flexibility index (Phi) is 4.15. The molecule has 2 aliphatic rings. The van der Waals surface area contributed by atoms with Gasteiger partial charge in [0.15, 0.2) is 0 Å². The van der Waals surface area contributed by atoms with Gasteiger partial charge in [0.25, 0.3) is 0 Å². The van der Waals surface area contributed by atoms with E-state index < -0.39 is 11.9 Å². The molecule has 0 bridgehead atoms. The van der Waals surface area contributed by atoms with E-state index in [0.717, 1.165) is 22.3 Å². The normalized spacial score (nSPS) is 17.4. The minimum absolute atomic E-state index is 0.0472. The fourth-order valence-electron chi connectivity index (χ4n) is 4.62. The second-order valence-corrected chi connectivity index (χ2v) is 7.92. The van der Waals surface area contributed by atoms with E-state index in [2.05, 4.69) is 29.3 Å². The number of nitrogens with zero attached hydrogens (tertiary/aromatic N) is 2. The Balaban J connectivity index is 1.53. The van der Waals surface area contributed by atoms with Gasteiger partial charge in [0, 0.05) is 17.4 Å². The Morgan fingerprint density at radius 3 is 2.12 bits per heavy atom. The van der Waals surface area contributed by atoms with Gasteiger partial charge in [-0.3, -0.25) is 5.01 Å². The Morgan fingerprint density at radius 1 is 0.719 bits per heavy atom. The molecule has 2 heterocycles. The van der Waals surface area contributed by atoms with E-state index in [-0.39, 0.29) is 6.04 Å². The molecule has 5 nitrogen and oxygen atoms in total.